The van der Waals surface area contributed by atoms with Crippen molar-refractivity contribution in [3.8, 4) is 0 Å². The van der Waals surface area contributed by atoms with Crippen LogP contribution in [0, 0.1) is 0 Å². The van der Waals surface area contributed by atoms with Gasteiger partial charge in [0.05, 0.1) is 12.0 Å². The summed E-state index contributed by atoms with van der Waals surface area (Å²) in [5, 5.41) is 0. The first-order valence-electron chi connectivity index (χ1n) is 3.36. The summed E-state index contributed by atoms with van der Waals surface area (Å²) in [6.45, 7) is 0. The molecule has 0 bridgehead atoms. The quantitative estimate of drug-likeness (QED) is 0.366. The van der Waals surface area contributed by atoms with Crippen molar-refractivity contribution in [1.29, 1.82) is 0 Å². The molecule has 1 aromatic carbocycles. The van der Waals surface area contributed by atoms with Gasteiger partial charge in [-0.2, -0.15) is 8.42 Å². The maximum atomic E-state index is 11.2. The Bertz CT molecular complexity index is 419. The summed E-state index contributed by atoms with van der Waals surface area (Å²) in [5.74, 6) is 0. The Morgan fingerprint density at radius 1 is 1.43 bits per heavy atom. The Hall–Kier alpha value is -0.0966. The van der Waals surface area contributed by atoms with E-state index in [1.54, 1.807) is 0 Å². The van der Waals surface area contributed by atoms with Gasteiger partial charge in [-0.3, -0.25) is 4.18 Å². The molecule has 0 heterocycles. The molecule has 14 heavy (non-hydrogen) atoms. The first kappa shape index (κ1) is 13.9. The zero-order chi connectivity index (χ0) is 10.1. The van der Waals surface area contributed by atoms with E-state index in [0.717, 1.165) is 7.11 Å². The Morgan fingerprint density at radius 3 is 2.43 bits per heavy atom. The summed E-state index contributed by atoms with van der Waals surface area (Å²) in [5.41, 5.74) is 5.78. The SMILES string of the molecule is COS(=O)(=O)c1ccc(S)c(N)c1.[Zn+2]. The van der Waals surface area contributed by atoms with Crippen molar-refractivity contribution in [1.82, 2.24) is 0 Å². The van der Waals surface area contributed by atoms with Gasteiger partial charge in [0.2, 0.25) is 0 Å². The summed E-state index contributed by atoms with van der Waals surface area (Å²) >= 11 is 4.01. The van der Waals surface area contributed by atoms with E-state index in [2.05, 4.69) is 16.8 Å². The van der Waals surface area contributed by atoms with Gasteiger partial charge in [-0.05, 0) is 18.2 Å². The first-order valence-corrected chi connectivity index (χ1v) is 5.22. The molecule has 0 atom stereocenters. The maximum absolute atomic E-state index is 11.2. The molecule has 72 valence electrons. The van der Waals surface area contributed by atoms with Crippen LogP contribution in [0.25, 0.3) is 0 Å². The summed E-state index contributed by atoms with van der Waals surface area (Å²) in [6, 6.07) is 4.20. The Morgan fingerprint density at radius 2 is 2.00 bits per heavy atom. The van der Waals surface area contributed by atoms with Gasteiger partial charge in [-0.25, -0.2) is 0 Å². The molecule has 0 fully saturated rings. The van der Waals surface area contributed by atoms with E-state index in [1.807, 2.05) is 0 Å². The number of hydrogen-bond donors (Lipinski definition) is 2. The van der Waals surface area contributed by atoms with Crippen molar-refractivity contribution in [2.45, 2.75) is 9.79 Å². The summed E-state index contributed by atoms with van der Waals surface area (Å²) in [4.78, 5) is 0.570. The van der Waals surface area contributed by atoms with Gasteiger partial charge in [0.25, 0.3) is 10.1 Å². The smallest absolute Gasteiger partial charge is 0.398 e. The molecule has 0 unspecified atom stereocenters. The Balaban J connectivity index is 0.00000169. The van der Waals surface area contributed by atoms with Gasteiger partial charge in [0.15, 0.2) is 0 Å². The zero-order valence-electron chi connectivity index (χ0n) is 7.60. The van der Waals surface area contributed by atoms with Crippen molar-refractivity contribution >= 4 is 28.4 Å². The van der Waals surface area contributed by atoms with Crippen molar-refractivity contribution in [2.24, 2.45) is 0 Å². The number of benzene rings is 1. The normalized spacial score (nSPS) is 10.7. The van der Waals surface area contributed by atoms with E-state index in [9.17, 15) is 8.42 Å². The van der Waals surface area contributed by atoms with Crippen molar-refractivity contribution in [2.75, 3.05) is 12.8 Å². The minimum Gasteiger partial charge on any atom is -0.398 e. The summed E-state index contributed by atoms with van der Waals surface area (Å²) in [7, 11) is -2.55. The molecule has 1 rings (SSSR count). The number of hydrogen-bond acceptors (Lipinski definition) is 5. The molecule has 4 nitrogen and oxygen atoms in total. The minimum atomic E-state index is -3.65. The second kappa shape index (κ2) is 5.12. The number of thiol groups is 1. The molecule has 2 N–H and O–H groups in total. The molecule has 0 aliphatic carbocycles. The van der Waals surface area contributed by atoms with Crippen molar-refractivity contribution < 1.29 is 32.1 Å². The van der Waals surface area contributed by atoms with E-state index in [-0.39, 0.29) is 24.4 Å². The number of nitrogens with two attached hydrogens (primary N) is 1. The van der Waals surface area contributed by atoms with Gasteiger partial charge in [-0.1, -0.05) is 0 Å². The predicted octanol–water partition coefficient (Wildman–Crippen LogP) is 0.890. The molecule has 0 aromatic heterocycles. The third-order valence-corrected chi connectivity index (χ3v) is 3.18. The van der Waals surface area contributed by atoms with Crippen LogP contribution in [0.4, 0.5) is 5.69 Å². The largest absolute Gasteiger partial charge is 2.00 e. The van der Waals surface area contributed by atoms with Crippen LogP contribution in [0.1, 0.15) is 0 Å². The second-order valence-electron chi connectivity index (χ2n) is 2.34. The third kappa shape index (κ3) is 2.95. The average molecular weight is 285 g/mol. The van der Waals surface area contributed by atoms with E-state index < -0.39 is 10.1 Å². The zero-order valence-corrected chi connectivity index (χ0v) is 12.3. The molecule has 7 heteroatoms. The molecule has 0 aliphatic rings. The van der Waals surface area contributed by atoms with E-state index >= 15 is 0 Å². The van der Waals surface area contributed by atoms with E-state index in [1.165, 1.54) is 18.2 Å². The van der Waals surface area contributed by atoms with Crippen LogP contribution in [0.2, 0.25) is 0 Å². The topological polar surface area (TPSA) is 69.4 Å². The molecule has 1 aromatic rings. The van der Waals surface area contributed by atoms with Crippen LogP contribution in [0.5, 0.6) is 0 Å². The Kier molecular flexibility index (Phi) is 5.08. The molecule has 0 radical (unpaired) electrons. The Labute approximate surface area is 101 Å². The molecule has 0 amide bonds. The van der Waals surface area contributed by atoms with Crippen LogP contribution >= 0.6 is 12.6 Å². The van der Waals surface area contributed by atoms with Gasteiger partial charge in [0.1, 0.15) is 0 Å². The summed E-state index contributed by atoms with van der Waals surface area (Å²) in [6.07, 6.45) is 0. The van der Waals surface area contributed by atoms with Gasteiger partial charge < -0.3 is 5.73 Å². The number of anilines is 1. The molecular weight excluding hydrogens is 276 g/mol. The number of rotatable bonds is 2. The van der Waals surface area contributed by atoms with Crippen molar-refractivity contribution in [3.63, 3.8) is 0 Å². The van der Waals surface area contributed by atoms with Crippen LogP contribution in [0.3, 0.4) is 0 Å². The molecule has 0 saturated carbocycles. The molecule has 0 saturated heterocycles. The maximum Gasteiger partial charge on any atom is 2.00 e. The van der Waals surface area contributed by atoms with Crippen LogP contribution in [-0.4, -0.2) is 15.5 Å². The van der Waals surface area contributed by atoms with Crippen LogP contribution in [0.15, 0.2) is 28.0 Å². The molecular formula is C7H9NO3S2Zn+2. The fourth-order valence-corrected chi connectivity index (χ4v) is 1.62. The van der Waals surface area contributed by atoms with E-state index in [4.69, 9.17) is 5.73 Å². The van der Waals surface area contributed by atoms with Crippen LogP contribution in [-0.2, 0) is 33.8 Å². The average Bonchev–Trinajstić information content (AvgIpc) is 2.09. The van der Waals surface area contributed by atoms with Gasteiger partial charge in [0, 0.05) is 10.6 Å². The number of nitrogen functional groups attached to an aromatic ring is 1. The standard InChI is InChI=1S/C7H9NO3S2.Zn/c1-11-13(9,10)5-2-3-7(12)6(8)4-5;/h2-4,12H,8H2,1H3;/q;+2. The van der Waals surface area contributed by atoms with Crippen LogP contribution < -0.4 is 5.73 Å². The fraction of sp³-hybridized carbons (Fsp3) is 0.143. The minimum absolute atomic E-state index is 0. The van der Waals surface area contributed by atoms with Gasteiger partial charge >= 0.3 is 19.5 Å². The van der Waals surface area contributed by atoms with Gasteiger partial charge in [-0.15, -0.1) is 12.6 Å². The monoisotopic (exact) mass is 283 g/mol. The fourth-order valence-electron chi connectivity index (χ4n) is 0.784. The first-order chi connectivity index (χ1) is 5.97. The molecule has 0 spiro atoms. The van der Waals surface area contributed by atoms with Crippen molar-refractivity contribution in [3.05, 3.63) is 18.2 Å². The second-order valence-corrected chi connectivity index (χ2v) is 4.54. The predicted molar refractivity (Wildman–Crippen MR) is 52.3 cm³/mol. The van der Waals surface area contributed by atoms with E-state index in [0.29, 0.717) is 10.6 Å². The summed E-state index contributed by atoms with van der Waals surface area (Å²) < 4.78 is 26.6. The third-order valence-electron chi connectivity index (χ3n) is 1.51. The molecule has 0 aliphatic heterocycles.